The molecule has 0 saturated heterocycles. The summed E-state index contributed by atoms with van der Waals surface area (Å²) in [5.41, 5.74) is 4.68. The van der Waals surface area contributed by atoms with E-state index in [-0.39, 0.29) is 5.82 Å². The Morgan fingerprint density at radius 3 is 2.85 bits per heavy atom. The summed E-state index contributed by atoms with van der Waals surface area (Å²) in [6, 6.07) is 10.1. The molecule has 0 unspecified atom stereocenters. The van der Waals surface area contributed by atoms with Crippen LogP contribution in [0, 0.1) is 5.82 Å². The van der Waals surface area contributed by atoms with Crippen molar-refractivity contribution in [1.29, 1.82) is 0 Å². The number of aromatic amines is 1. The van der Waals surface area contributed by atoms with Crippen molar-refractivity contribution in [3.63, 3.8) is 0 Å². The van der Waals surface area contributed by atoms with Crippen LogP contribution < -0.4 is 10.1 Å². The highest BCUT2D eigenvalue weighted by atomic mass is 19.1. The van der Waals surface area contributed by atoms with Gasteiger partial charge in [0.25, 0.3) is 0 Å². The van der Waals surface area contributed by atoms with E-state index in [4.69, 9.17) is 9.72 Å². The second kappa shape index (κ2) is 5.91. The number of hydrogen-bond donors (Lipinski definition) is 2. The standard InChI is InChI=1S/C20H14FN5O/c1-27-16-5-4-11(21)9-14(16)20-25-17-12-6-8-22-10-15(12)24-19-13(18(17)26-20)3-2-7-23-19/h2-10H,1H3,(H,23,24)(H,25,26). The number of nitrogens with one attached hydrogen (secondary N) is 2. The largest absolute Gasteiger partial charge is 0.496 e. The van der Waals surface area contributed by atoms with Gasteiger partial charge in [-0.15, -0.1) is 0 Å². The predicted octanol–water partition coefficient (Wildman–Crippen LogP) is 4.41. The van der Waals surface area contributed by atoms with Crippen LogP contribution in [0.4, 0.5) is 15.9 Å². The summed E-state index contributed by atoms with van der Waals surface area (Å²) in [5, 5.41) is 3.31. The number of methoxy groups -OCH3 is 1. The van der Waals surface area contributed by atoms with Crippen LogP contribution in [-0.2, 0) is 0 Å². The first kappa shape index (κ1) is 15.5. The van der Waals surface area contributed by atoms with E-state index in [1.165, 1.54) is 12.1 Å². The molecule has 0 radical (unpaired) electrons. The molecule has 1 aromatic carbocycles. The number of nitrogens with zero attached hydrogens (tertiary/aromatic N) is 3. The molecule has 4 heterocycles. The van der Waals surface area contributed by atoms with Crippen LogP contribution in [0.15, 0.2) is 55.0 Å². The van der Waals surface area contributed by atoms with Gasteiger partial charge in [-0.25, -0.2) is 14.4 Å². The molecule has 0 fully saturated rings. The molecule has 5 rings (SSSR count). The lowest BCUT2D eigenvalue weighted by atomic mass is 10.1. The van der Waals surface area contributed by atoms with Crippen LogP contribution in [0.1, 0.15) is 0 Å². The number of benzene rings is 1. The number of fused-ring (bicyclic) bond motifs is 5. The van der Waals surface area contributed by atoms with Crippen molar-refractivity contribution in [3.8, 4) is 39.7 Å². The number of rotatable bonds is 2. The smallest absolute Gasteiger partial charge is 0.142 e. The van der Waals surface area contributed by atoms with Crippen LogP contribution in [0.2, 0.25) is 0 Å². The first-order chi connectivity index (χ1) is 13.2. The Hall–Kier alpha value is -3.74. The average Bonchev–Trinajstić information content (AvgIpc) is 3.08. The Morgan fingerprint density at radius 2 is 1.96 bits per heavy atom. The van der Waals surface area contributed by atoms with Crippen LogP contribution in [0.25, 0.3) is 33.9 Å². The van der Waals surface area contributed by atoms with Gasteiger partial charge in [0.2, 0.25) is 0 Å². The fraction of sp³-hybridized carbons (Fsp3) is 0.0500. The van der Waals surface area contributed by atoms with E-state index in [0.717, 1.165) is 28.2 Å². The maximum Gasteiger partial charge on any atom is 0.142 e. The zero-order valence-electron chi connectivity index (χ0n) is 14.3. The molecule has 0 saturated carbocycles. The van der Waals surface area contributed by atoms with Gasteiger partial charge in [0.05, 0.1) is 30.3 Å². The summed E-state index contributed by atoms with van der Waals surface area (Å²) in [6.07, 6.45) is 5.18. The normalized spacial score (nSPS) is 11.6. The molecule has 7 heteroatoms. The molecule has 132 valence electrons. The van der Waals surface area contributed by atoms with Crippen LogP contribution >= 0.6 is 0 Å². The third-order valence-corrected chi connectivity index (χ3v) is 4.53. The zero-order valence-corrected chi connectivity index (χ0v) is 14.3. The van der Waals surface area contributed by atoms with Crippen molar-refractivity contribution in [2.75, 3.05) is 12.4 Å². The third-order valence-electron chi connectivity index (χ3n) is 4.53. The van der Waals surface area contributed by atoms with E-state index < -0.39 is 0 Å². The SMILES string of the molecule is COc1ccc(F)cc1-c1nc2c([nH]1)-c1ccncc1Nc1ncccc1-2. The molecule has 4 aromatic rings. The van der Waals surface area contributed by atoms with Crippen LogP contribution in [-0.4, -0.2) is 27.0 Å². The fourth-order valence-electron chi connectivity index (χ4n) is 3.29. The van der Waals surface area contributed by atoms with E-state index in [2.05, 4.69) is 20.3 Å². The van der Waals surface area contributed by atoms with Gasteiger partial charge in [0.1, 0.15) is 28.9 Å². The van der Waals surface area contributed by atoms with Gasteiger partial charge in [0, 0.05) is 23.5 Å². The van der Waals surface area contributed by atoms with Crippen molar-refractivity contribution >= 4 is 11.5 Å². The highest BCUT2D eigenvalue weighted by Crippen LogP contribution is 2.43. The summed E-state index contributed by atoms with van der Waals surface area (Å²) in [5.74, 6) is 1.40. The molecule has 0 atom stereocenters. The Bertz CT molecular complexity index is 1110. The van der Waals surface area contributed by atoms with E-state index >= 15 is 0 Å². The van der Waals surface area contributed by atoms with Gasteiger partial charge in [-0.1, -0.05) is 0 Å². The van der Waals surface area contributed by atoms with Gasteiger partial charge in [-0.2, -0.15) is 0 Å². The van der Waals surface area contributed by atoms with Crippen molar-refractivity contribution < 1.29 is 9.13 Å². The molecule has 2 N–H and O–H groups in total. The van der Waals surface area contributed by atoms with Crippen molar-refractivity contribution in [3.05, 3.63) is 60.8 Å². The molecule has 1 aliphatic heterocycles. The van der Waals surface area contributed by atoms with E-state index in [9.17, 15) is 4.39 Å². The Kier molecular flexibility index (Phi) is 3.39. The lowest BCUT2D eigenvalue weighted by Crippen LogP contribution is -1.96. The van der Waals surface area contributed by atoms with Crippen molar-refractivity contribution in [1.82, 2.24) is 19.9 Å². The third kappa shape index (κ3) is 2.43. The lowest BCUT2D eigenvalue weighted by molar-refractivity contribution is 0.415. The molecule has 3 aromatic heterocycles. The Balaban J connectivity index is 1.80. The molecule has 1 aliphatic rings. The second-order valence-electron chi connectivity index (χ2n) is 6.10. The van der Waals surface area contributed by atoms with Gasteiger partial charge < -0.3 is 15.0 Å². The molecule has 0 bridgehead atoms. The Morgan fingerprint density at radius 1 is 1.04 bits per heavy atom. The second-order valence-corrected chi connectivity index (χ2v) is 6.10. The van der Waals surface area contributed by atoms with Gasteiger partial charge in [-0.05, 0) is 36.4 Å². The van der Waals surface area contributed by atoms with Gasteiger partial charge in [-0.3, -0.25) is 4.98 Å². The minimum absolute atomic E-state index is 0.356. The summed E-state index contributed by atoms with van der Waals surface area (Å²) in [4.78, 5) is 16.7. The minimum atomic E-state index is -0.356. The lowest BCUT2D eigenvalue weighted by Gasteiger charge is -2.08. The van der Waals surface area contributed by atoms with Crippen molar-refractivity contribution in [2.24, 2.45) is 0 Å². The molecule has 0 aliphatic carbocycles. The zero-order chi connectivity index (χ0) is 18.4. The number of anilines is 2. The number of hydrogen-bond acceptors (Lipinski definition) is 5. The average molecular weight is 359 g/mol. The number of imidazole rings is 1. The minimum Gasteiger partial charge on any atom is -0.496 e. The number of pyridine rings is 2. The number of H-pyrrole nitrogens is 1. The molecule has 6 nitrogen and oxygen atoms in total. The highest BCUT2D eigenvalue weighted by molar-refractivity contribution is 5.95. The number of halogens is 1. The summed E-state index contributed by atoms with van der Waals surface area (Å²) >= 11 is 0. The van der Waals surface area contributed by atoms with E-state index in [1.54, 1.807) is 31.8 Å². The predicted molar refractivity (Wildman–Crippen MR) is 100 cm³/mol. The molecule has 0 amide bonds. The maximum absolute atomic E-state index is 13.9. The monoisotopic (exact) mass is 359 g/mol. The van der Waals surface area contributed by atoms with E-state index in [1.807, 2.05) is 18.2 Å². The fourth-order valence-corrected chi connectivity index (χ4v) is 3.29. The molecule has 0 spiro atoms. The van der Waals surface area contributed by atoms with Gasteiger partial charge in [0.15, 0.2) is 0 Å². The van der Waals surface area contributed by atoms with Crippen LogP contribution in [0.5, 0.6) is 5.75 Å². The summed E-state index contributed by atoms with van der Waals surface area (Å²) < 4.78 is 19.3. The maximum atomic E-state index is 13.9. The topological polar surface area (TPSA) is 75.7 Å². The molecule has 27 heavy (non-hydrogen) atoms. The first-order valence-electron chi connectivity index (χ1n) is 8.35. The summed E-state index contributed by atoms with van der Waals surface area (Å²) in [7, 11) is 1.55. The number of aromatic nitrogens is 4. The Labute approximate surface area is 154 Å². The van der Waals surface area contributed by atoms with E-state index in [0.29, 0.717) is 23.0 Å². The molecular weight excluding hydrogens is 345 g/mol. The quantitative estimate of drug-likeness (QED) is 0.488. The first-order valence-corrected chi connectivity index (χ1v) is 8.35. The highest BCUT2D eigenvalue weighted by Gasteiger charge is 2.25. The molecular formula is C20H14FN5O. The van der Waals surface area contributed by atoms with Crippen LogP contribution in [0.3, 0.4) is 0 Å². The summed E-state index contributed by atoms with van der Waals surface area (Å²) in [6.45, 7) is 0. The van der Waals surface area contributed by atoms with Crippen molar-refractivity contribution in [2.45, 2.75) is 0 Å². The number of ether oxygens (including phenoxy) is 1. The van der Waals surface area contributed by atoms with Gasteiger partial charge >= 0.3 is 0 Å².